The second-order valence-corrected chi connectivity index (χ2v) is 14.0. The maximum atomic E-state index is 13.9. The van der Waals surface area contributed by atoms with Crippen LogP contribution in [0.1, 0.15) is 68.9 Å². The van der Waals surface area contributed by atoms with Crippen LogP contribution in [-0.2, 0) is 9.47 Å². The van der Waals surface area contributed by atoms with Gasteiger partial charge in [0, 0.05) is 48.5 Å². The molecule has 1 aliphatic heterocycles. The molecule has 242 valence electrons. The highest BCUT2D eigenvalue weighted by atomic mass is 16.6. The molecule has 0 unspecified atom stereocenters. The molecule has 2 aromatic heterocycles. The van der Waals surface area contributed by atoms with Crippen molar-refractivity contribution < 1.29 is 23.9 Å². The number of fused-ring (bicyclic) bond motifs is 1. The Balaban J connectivity index is 1.52. The van der Waals surface area contributed by atoms with Gasteiger partial charge in [0.2, 0.25) is 0 Å². The summed E-state index contributed by atoms with van der Waals surface area (Å²) in [6.07, 6.45) is -0.862. The lowest BCUT2D eigenvalue weighted by Gasteiger charge is -2.35. The predicted octanol–water partition coefficient (Wildman–Crippen LogP) is 7.77. The fraction of sp³-hybridized carbons (Fsp3) is 0.405. The summed E-state index contributed by atoms with van der Waals surface area (Å²) in [6.45, 7) is 18.6. The number of piperazine rings is 1. The topological polar surface area (TPSA) is 94.0 Å². The van der Waals surface area contributed by atoms with Gasteiger partial charge in [-0.2, -0.15) is 0 Å². The van der Waals surface area contributed by atoms with E-state index in [-0.39, 0.29) is 12.0 Å². The quantitative estimate of drug-likeness (QED) is 0.231. The Labute approximate surface area is 271 Å². The van der Waals surface area contributed by atoms with Crippen LogP contribution in [0, 0.1) is 20.8 Å². The minimum absolute atomic E-state index is 0.131. The molecule has 0 atom stereocenters. The molecular formula is C37H44N4O5. The fourth-order valence-corrected chi connectivity index (χ4v) is 5.87. The van der Waals surface area contributed by atoms with E-state index in [9.17, 15) is 14.4 Å². The van der Waals surface area contributed by atoms with Gasteiger partial charge in [-0.3, -0.25) is 9.78 Å². The van der Waals surface area contributed by atoms with Gasteiger partial charge in [-0.15, -0.1) is 0 Å². The highest BCUT2D eigenvalue weighted by molar-refractivity contribution is 6.02. The molecule has 0 radical (unpaired) electrons. The summed E-state index contributed by atoms with van der Waals surface area (Å²) in [5, 5.41) is 0.919. The van der Waals surface area contributed by atoms with Crippen LogP contribution in [0.25, 0.3) is 33.3 Å². The molecule has 1 fully saturated rings. The zero-order valence-corrected chi connectivity index (χ0v) is 28.4. The largest absolute Gasteiger partial charge is 0.444 e. The first-order valence-electron chi connectivity index (χ1n) is 15.7. The molecule has 1 saturated heterocycles. The first-order valence-corrected chi connectivity index (χ1v) is 15.7. The first kappa shape index (κ1) is 32.7. The number of rotatable bonds is 3. The van der Waals surface area contributed by atoms with E-state index in [1.54, 1.807) is 20.4 Å². The van der Waals surface area contributed by atoms with Crippen LogP contribution < -0.4 is 0 Å². The van der Waals surface area contributed by atoms with Crippen molar-refractivity contribution in [1.82, 2.24) is 19.4 Å². The van der Waals surface area contributed by atoms with Crippen molar-refractivity contribution in [3.8, 4) is 22.4 Å². The molecule has 3 heterocycles. The Hall–Kier alpha value is -4.66. The standard InChI is InChI=1S/C37H44N4O5/c1-23-19-29(20-24(2)38-23)26-13-14-30-25(3)32(41(31(30)22-26)35(44)46-37(7,8)9)27-11-10-12-28(21-27)33(42)39-15-17-40(18-16-39)34(43)45-36(4,5)6/h10-14,19-22H,15-18H2,1-9H3. The number of amides is 2. The summed E-state index contributed by atoms with van der Waals surface area (Å²) in [6, 6.07) is 17.5. The Morgan fingerprint density at radius 2 is 1.26 bits per heavy atom. The van der Waals surface area contributed by atoms with Crippen LogP contribution in [0.5, 0.6) is 0 Å². The number of benzene rings is 2. The van der Waals surface area contributed by atoms with E-state index in [0.29, 0.717) is 37.4 Å². The summed E-state index contributed by atoms with van der Waals surface area (Å²) in [5.74, 6) is -0.131. The van der Waals surface area contributed by atoms with Gasteiger partial charge in [0.25, 0.3) is 5.91 Å². The van der Waals surface area contributed by atoms with Gasteiger partial charge < -0.3 is 19.3 Å². The number of carbonyl (C=O) groups excluding carboxylic acids is 3. The van der Waals surface area contributed by atoms with E-state index in [2.05, 4.69) is 11.1 Å². The number of ether oxygens (including phenoxy) is 2. The molecule has 0 bridgehead atoms. The fourth-order valence-electron chi connectivity index (χ4n) is 5.87. The van der Waals surface area contributed by atoms with Gasteiger partial charge in [0.1, 0.15) is 11.2 Å². The lowest BCUT2D eigenvalue weighted by atomic mass is 10.0. The zero-order chi connectivity index (χ0) is 33.6. The van der Waals surface area contributed by atoms with Gasteiger partial charge in [-0.25, -0.2) is 14.2 Å². The van der Waals surface area contributed by atoms with Gasteiger partial charge in [0.05, 0.1) is 11.2 Å². The second kappa shape index (κ2) is 12.3. The maximum Gasteiger partial charge on any atom is 0.419 e. The maximum absolute atomic E-state index is 13.9. The Bertz CT molecular complexity index is 1800. The molecule has 0 saturated carbocycles. The van der Waals surface area contributed by atoms with Crippen molar-refractivity contribution in [2.75, 3.05) is 26.2 Å². The average Bonchev–Trinajstić information content (AvgIpc) is 3.26. The smallest absolute Gasteiger partial charge is 0.419 e. The Morgan fingerprint density at radius 3 is 1.87 bits per heavy atom. The zero-order valence-electron chi connectivity index (χ0n) is 28.4. The van der Waals surface area contributed by atoms with Crippen LogP contribution in [0.15, 0.2) is 54.6 Å². The minimum atomic E-state index is -0.713. The third-order valence-electron chi connectivity index (χ3n) is 7.81. The first-order chi connectivity index (χ1) is 21.5. The van der Waals surface area contributed by atoms with Gasteiger partial charge in [0.15, 0.2) is 0 Å². The van der Waals surface area contributed by atoms with Crippen molar-refractivity contribution in [3.63, 3.8) is 0 Å². The van der Waals surface area contributed by atoms with Crippen LogP contribution in [0.3, 0.4) is 0 Å². The van der Waals surface area contributed by atoms with Crippen LogP contribution in [-0.4, -0.2) is 74.8 Å². The molecule has 2 amide bonds. The molecule has 1 aliphatic rings. The van der Waals surface area contributed by atoms with Gasteiger partial charge >= 0.3 is 12.2 Å². The molecule has 0 spiro atoms. The molecule has 9 nitrogen and oxygen atoms in total. The Kier molecular flexibility index (Phi) is 8.73. The van der Waals surface area contributed by atoms with Gasteiger partial charge in [-0.1, -0.05) is 24.3 Å². The third-order valence-corrected chi connectivity index (χ3v) is 7.81. The SMILES string of the molecule is Cc1cc(-c2ccc3c(C)c(-c4cccc(C(=O)N5CCN(C(=O)OC(C)(C)C)CC5)c4)n(C(=O)OC(C)(C)C)c3c2)cc(C)n1. The van der Waals surface area contributed by atoms with E-state index >= 15 is 0 Å². The van der Waals surface area contributed by atoms with Crippen molar-refractivity contribution >= 4 is 29.0 Å². The molecule has 0 aliphatic carbocycles. The normalized spacial score (nSPS) is 14.0. The number of aryl methyl sites for hydroxylation is 3. The van der Waals surface area contributed by atoms with E-state index in [1.807, 2.05) is 105 Å². The highest BCUT2D eigenvalue weighted by Crippen LogP contribution is 2.37. The monoisotopic (exact) mass is 624 g/mol. The van der Waals surface area contributed by atoms with Gasteiger partial charge in [-0.05, 0) is 115 Å². The lowest BCUT2D eigenvalue weighted by molar-refractivity contribution is 0.0140. The Morgan fingerprint density at radius 1 is 0.674 bits per heavy atom. The number of nitrogens with zero attached hydrogens (tertiary/aromatic N) is 4. The van der Waals surface area contributed by atoms with Crippen LogP contribution in [0.4, 0.5) is 9.59 Å². The third kappa shape index (κ3) is 7.09. The van der Waals surface area contributed by atoms with E-state index in [4.69, 9.17) is 9.47 Å². The molecule has 2 aromatic carbocycles. The molecule has 5 rings (SSSR count). The van der Waals surface area contributed by atoms with E-state index in [1.165, 1.54) is 0 Å². The second-order valence-electron chi connectivity index (χ2n) is 14.0. The van der Waals surface area contributed by atoms with Crippen molar-refractivity contribution in [3.05, 3.63) is 77.1 Å². The number of pyridine rings is 1. The highest BCUT2D eigenvalue weighted by Gasteiger charge is 2.29. The molecule has 0 N–H and O–H groups in total. The molecule has 9 heteroatoms. The van der Waals surface area contributed by atoms with Crippen molar-refractivity contribution in [1.29, 1.82) is 0 Å². The number of hydrogen-bond acceptors (Lipinski definition) is 6. The number of carbonyl (C=O) groups is 3. The lowest BCUT2D eigenvalue weighted by Crippen LogP contribution is -2.51. The summed E-state index contributed by atoms with van der Waals surface area (Å²) in [7, 11) is 0. The predicted molar refractivity (Wildman–Crippen MR) is 180 cm³/mol. The molecule has 46 heavy (non-hydrogen) atoms. The molecule has 4 aromatic rings. The van der Waals surface area contributed by atoms with E-state index < -0.39 is 17.3 Å². The van der Waals surface area contributed by atoms with Crippen LogP contribution >= 0.6 is 0 Å². The molecular weight excluding hydrogens is 580 g/mol. The van der Waals surface area contributed by atoms with Crippen molar-refractivity contribution in [2.45, 2.75) is 73.5 Å². The summed E-state index contributed by atoms with van der Waals surface area (Å²) < 4.78 is 13.1. The number of hydrogen-bond donors (Lipinski definition) is 0. The summed E-state index contributed by atoms with van der Waals surface area (Å²) >= 11 is 0. The van der Waals surface area contributed by atoms with Crippen LogP contribution in [0.2, 0.25) is 0 Å². The summed E-state index contributed by atoms with van der Waals surface area (Å²) in [5.41, 5.74) is 6.07. The summed E-state index contributed by atoms with van der Waals surface area (Å²) in [4.78, 5) is 48.0. The minimum Gasteiger partial charge on any atom is -0.444 e. The van der Waals surface area contributed by atoms with Crippen molar-refractivity contribution in [2.24, 2.45) is 0 Å². The number of aromatic nitrogens is 2. The average molecular weight is 625 g/mol. The van der Waals surface area contributed by atoms with E-state index in [0.717, 1.165) is 44.5 Å².